The molecule has 0 spiro atoms. The van der Waals surface area contributed by atoms with E-state index in [9.17, 15) is 46.8 Å². The first-order valence-corrected chi connectivity index (χ1v) is 21.0. The molecule has 0 aromatic heterocycles. The van der Waals surface area contributed by atoms with Crippen molar-refractivity contribution in [1.82, 2.24) is 0 Å². The van der Waals surface area contributed by atoms with Crippen LogP contribution < -0.4 is 10.3 Å². The summed E-state index contributed by atoms with van der Waals surface area (Å²) in [4.78, 5) is -1.36. The molecule has 4 N–H and O–H groups in total. The molecule has 0 bridgehead atoms. The van der Waals surface area contributed by atoms with Gasteiger partial charge >= 0.3 is 6.18 Å². The Balaban J connectivity index is 1.70. The number of benzene rings is 5. The number of halogens is 3. The number of alkyl halides is 3. The third kappa shape index (κ3) is 7.67. The van der Waals surface area contributed by atoms with E-state index in [2.05, 4.69) is 0 Å². The van der Waals surface area contributed by atoms with Crippen LogP contribution in [0.3, 0.4) is 0 Å². The summed E-state index contributed by atoms with van der Waals surface area (Å²) >= 11 is 0. The molecule has 0 saturated heterocycles. The van der Waals surface area contributed by atoms with Gasteiger partial charge in [-0.2, -0.15) is 13.2 Å². The molecule has 5 aromatic rings. The van der Waals surface area contributed by atoms with Crippen molar-refractivity contribution in [2.45, 2.75) is 25.8 Å². The summed E-state index contributed by atoms with van der Waals surface area (Å²) in [5.41, 5.74) is -1.87. The fourth-order valence-corrected chi connectivity index (χ4v) is 8.58. The lowest BCUT2D eigenvalue weighted by atomic mass is 9.92. The van der Waals surface area contributed by atoms with Gasteiger partial charge in [-0.15, -0.1) is 0 Å². The lowest BCUT2D eigenvalue weighted by Gasteiger charge is -2.18. The van der Waals surface area contributed by atoms with Crippen LogP contribution in [0, 0.1) is 0 Å². The first-order chi connectivity index (χ1) is 23.0. The summed E-state index contributed by atoms with van der Waals surface area (Å²) in [6.45, 7) is 0. The molecule has 0 heterocycles. The van der Waals surface area contributed by atoms with Gasteiger partial charge in [0.1, 0.15) is 0 Å². The fourth-order valence-electron chi connectivity index (χ4n) is 5.44. The van der Waals surface area contributed by atoms with Crippen molar-refractivity contribution in [2.75, 3.05) is 12.5 Å². The van der Waals surface area contributed by atoms with Crippen LogP contribution in [0.5, 0.6) is 0 Å². The van der Waals surface area contributed by atoms with Crippen LogP contribution in [0.25, 0.3) is 44.5 Å². The van der Waals surface area contributed by atoms with E-state index in [1.54, 1.807) is 0 Å². The second kappa shape index (κ2) is 12.7. The molecule has 0 aliphatic rings. The Labute approximate surface area is 287 Å². The van der Waals surface area contributed by atoms with Gasteiger partial charge in [-0.05, 0) is 64.2 Å². The maximum Gasteiger partial charge on any atom is 0.417 e. The molecule has 50 heavy (non-hydrogen) atoms. The molecular weight excluding hydrogens is 738 g/mol. The average molecular weight is 765 g/mol. The number of nitrogens with two attached hydrogens (primary N) is 2. The first-order valence-electron chi connectivity index (χ1n) is 14.1. The maximum atomic E-state index is 14.7. The molecule has 0 amide bonds. The Kier molecular flexibility index (Phi) is 9.40. The summed E-state index contributed by atoms with van der Waals surface area (Å²) < 4.78 is 144. The second-order valence-electron chi connectivity index (χ2n) is 11.3. The first kappa shape index (κ1) is 36.9. The second-order valence-corrected chi connectivity index (χ2v) is 18.4. The Morgan fingerprint density at radius 3 is 1.46 bits per heavy atom. The standard InChI is InChI=1S/C33H27F3N2O8S4/c1-47(39,40)24-7-5-6-20(16-24)28-15-11-22(19-32(28)50(38,45)46)25-13-10-21(17-29(25)33(34,35)36)27-14-12-23(18-31(27)48(2,41)42)26-8-3-4-9-30(26)49(37,43)44/h3-19H,1-2H3,(H2,37,43,44)(H2,38,45,46). The number of hydrogen-bond donors (Lipinski definition) is 2. The Morgan fingerprint density at radius 2 is 0.920 bits per heavy atom. The minimum absolute atomic E-state index is 0.0474. The number of sulfonamides is 2. The molecule has 0 aliphatic heterocycles. The van der Waals surface area contributed by atoms with Crippen LogP contribution in [-0.4, -0.2) is 46.2 Å². The zero-order valence-corrected chi connectivity index (χ0v) is 29.3. The number of rotatable bonds is 8. The third-order valence-corrected chi connectivity index (χ3v) is 11.9. The van der Waals surface area contributed by atoms with Crippen LogP contribution in [0.4, 0.5) is 13.2 Å². The summed E-state index contributed by atoms with van der Waals surface area (Å²) in [6.07, 6.45) is -3.21. The fraction of sp³-hybridized carbons (Fsp3) is 0.0909. The van der Waals surface area contributed by atoms with E-state index in [-0.39, 0.29) is 48.7 Å². The minimum Gasteiger partial charge on any atom is -0.225 e. The molecule has 5 rings (SSSR count). The average Bonchev–Trinajstić information content (AvgIpc) is 3.02. The van der Waals surface area contributed by atoms with E-state index in [1.807, 2.05) is 0 Å². The maximum absolute atomic E-state index is 14.7. The van der Waals surface area contributed by atoms with E-state index in [1.165, 1.54) is 78.9 Å². The van der Waals surface area contributed by atoms with E-state index in [0.717, 1.165) is 36.8 Å². The molecule has 0 atom stereocenters. The van der Waals surface area contributed by atoms with Gasteiger partial charge in [0.2, 0.25) is 20.0 Å². The van der Waals surface area contributed by atoms with E-state index >= 15 is 0 Å². The smallest absolute Gasteiger partial charge is 0.225 e. The zero-order valence-electron chi connectivity index (χ0n) is 26.0. The van der Waals surface area contributed by atoms with Crippen LogP contribution in [-0.2, 0) is 45.9 Å². The molecular formula is C33H27F3N2O8S4. The number of sulfone groups is 2. The van der Waals surface area contributed by atoms with Gasteiger partial charge in [0.05, 0.1) is 25.1 Å². The molecule has 0 aliphatic carbocycles. The van der Waals surface area contributed by atoms with Gasteiger partial charge in [-0.3, -0.25) is 0 Å². The van der Waals surface area contributed by atoms with Gasteiger partial charge < -0.3 is 0 Å². The van der Waals surface area contributed by atoms with Crippen molar-refractivity contribution in [3.63, 3.8) is 0 Å². The number of primary sulfonamides is 2. The molecule has 10 nitrogen and oxygen atoms in total. The van der Waals surface area contributed by atoms with Crippen molar-refractivity contribution in [3.05, 3.63) is 109 Å². The predicted octanol–water partition coefficient (Wildman–Crippen LogP) is 5.48. The summed E-state index contributed by atoms with van der Waals surface area (Å²) in [7, 11) is -16.6. The van der Waals surface area contributed by atoms with Crippen molar-refractivity contribution in [2.24, 2.45) is 10.3 Å². The van der Waals surface area contributed by atoms with Gasteiger partial charge in [0.15, 0.2) is 19.7 Å². The van der Waals surface area contributed by atoms with Gasteiger partial charge in [0.25, 0.3) is 0 Å². The van der Waals surface area contributed by atoms with Gasteiger partial charge in [-0.25, -0.2) is 43.9 Å². The monoisotopic (exact) mass is 764 g/mol. The van der Waals surface area contributed by atoms with Crippen LogP contribution in [0.15, 0.2) is 123 Å². The lowest BCUT2D eigenvalue weighted by molar-refractivity contribution is -0.137. The molecule has 262 valence electrons. The molecule has 0 unspecified atom stereocenters. The Bertz CT molecular complexity index is 2640. The van der Waals surface area contributed by atoms with Gasteiger partial charge in [-0.1, -0.05) is 66.7 Å². The highest BCUT2D eigenvalue weighted by Crippen LogP contribution is 2.43. The topological polar surface area (TPSA) is 189 Å². The van der Waals surface area contributed by atoms with E-state index in [0.29, 0.717) is 0 Å². The number of hydrogen-bond acceptors (Lipinski definition) is 8. The normalized spacial score (nSPS) is 12.9. The van der Waals surface area contributed by atoms with Crippen molar-refractivity contribution in [1.29, 1.82) is 0 Å². The highest BCUT2D eigenvalue weighted by molar-refractivity contribution is 7.91. The predicted molar refractivity (Wildman–Crippen MR) is 182 cm³/mol. The SMILES string of the molecule is CS(=O)(=O)c1cccc(-c2ccc(-c3ccc(-c4ccc(-c5ccccc5S(N)(=O)=O)cc4S(C)(=O)=O)cc3C(F)(F)F)cc2S(N)(=O)=O)c1. The molecule has 0 radical (unpaired) electrons. The van der Waals surface area contributed by atoms with Crippen LogP contribution in [0.1, 0.15) is 5.56 Å². The zero-order chi connectivity index (χ0) is 37.0. The third-order valence-electron chi connectivity index (χ3n) is 7.69. The van der Waals surface area contributed by atoms with E-state index in [4.69, 9.17) is 10.3 Å². The molecule has 0 fully saturated rings. The summed E-state index contributed by atoms with van der Waals surface area (Å²) in [5.74, 6) is 0. The van der Waals surface area contributed by atoms with Crippen molar-refractivity contribution < 1.29 is 46.8 Å². The quantitative estimate of drug-likeness (QED) is 0.208. The molecule has 0 saturated carbocycles. The van der Waals surface area contributed by atoms with Crippen molar-refractivity contribution in [3.8, 4) is 44.5 Å². The Morgan fingerprint density at radius 1 is 0.460 bits per heavy atom. The summed E-state index contributed by atoms with van der Waals surface area (Å²) in [5, 5.41) is 10.8. The van der Waals surface area contributed by atoms with E-state index < -0.39 is 66.8 Å². The Hall–Kier alpha value is -4.39. The highest BCUT2D eigenvalue weighted by atomic mass is 32.2. The van der Waals surface area contributed by atoms with Crippen LogP contribution in [0.2, 0.25) is 0 Å². The summed E-state index contributed by atoms with van der Waals surface area (Å²) in [6, 6.07) is 21.0. The van der Waals surface area contributed by atoms with Gasteiger partial charge in [0, 0.05) is 29.2 Å². The largest absolute Gasteiger partial charge is 0.417 e. The van der Waals surface area contributed by atoms with Crippen molar-refractivity contribution >= 4 is 39.7 Å². The molecule has 17 heteroatoms. The van der Waals surface area contributed by atoms with Crippen LogP contribution >= 0.6 is 0 Å². The lowest BCUT2D eigenvalue weighted by Crippen LogP contribution is -2.14. The minimum atomic E-state index is -5.02. The molecule has 5 aromatic carbocycles. The highest BCUT2D eigenvalue weighted by Gasteiger charge is 2.35.